The zero-order valence-electron chi connectivity index (χ0n) is 15.8. The quantitative estimate of drug-likeness (QED) is 0.674. The Morgan fingerprint density at radius 1 is 1.00 bits per heavy atom. The molecule has 7 heteroatoms. The highest BCUT2D eigenvalue weighted by Gasteiger charge is 2.12. The topological polar surface area (TPSA) is 77.0 Å². The monoisotopic (exact) mass is 380 g/mol. The molecule has 0 atom stereocenters. The van der Waals surface area contributed by atoms with Gasteiger partial charge in [-0.25, -0.2) is 9.37 Å². The Morgan fingerprint density at radius 3 is 2.54 bits per heavy atom. The second kappa shape index (κ2) is 9.03. The zero-order valence-corrected chi connectivity index (χ0v) is 15.8. The van der Waals surface area contributed by atoms with Gasteiger partial charge in [0.25, 0.3) is 5.91 Å². The molecule has 0 saturated carbocycles. The maximum atomic E-state index is 13.3. The maximum absolute atomic E-state index is 13.3. The summed E-state index contributed by atoms with van der Waals surface area (Å²) in [4.78, 5) is 25.2. The van der Waals surface area contributed by atoms with Crippen LogP contribution in [-0.2, 0) is 19.4 Å². The number of carbonyl (C=O) groups is 1. The molecule has 3 aromatic rings. The third-order valence-corrected chi connectivity index (χ3v) is 4.02. The molecule has 144 valence electrons. The van der Waals surface area contributed by atoms with E-state index in [2.05, 4.69) is 20.3 Å². The van der Waals surface area contributed by atoms with Crippen molar-refractivity contribution in [1.82, 2.24) is 20.3 Å². The van der Waals surface area contributed by atoms with Crippen molar-refractivity contribution in [2.45, 2.75) is 33.2 Å². The van der Waals surface area contributed by atoms with Crippen molar-refractivity contribution in [3.63, 3.8) is 0 Å². The van der Waals surface area contributed by atoms with E-state index >= 15 is 0 Å². The Morgan fingerprint density at radius 2 is 1.79 bits per heavy atom. The lowest BCUT2D eigenvalue weighted by molar-refractivity contribution is 0.0944. The van der Waals surface area contributed by atoms with E-state index in [1.165, 1.54) is 18.3 Å². The Kier molecular flexibility index (Phi) is 6.26. The first-order chi connectivity index (χ1) is 13.6. The fourth-order valence-corrected chi connectivity index (χ4v) is 2.59. The number of carbonyl (C=O) groups excluding carboxylic acids is 1. The Labute approximate surface area is 162 Å². The Hall–Kier alpha value is -3.35. The maximum Gasteiger partial charge on any atom is 0.270 e. The van der Waals surface area contributed by atoms with Crippen molar-refractivity contribution in [3.8, 4) is 11.5 Å². The summed E-state index contributed by atoms with van der Waals surface area (Å²) in [5.41, 5.74) is 2.67. The van der Waals surface area contributed by atoms with Crippen molar-refractivity contribution in [2.75, 3.05) is 0 Å². The Balaban J connectivity index is 1.75. The fraction of sp³-hybridized carbons (Fsp3) is 0.238. The lowest BCUT2D eigenvalue weighted by Crippen LogP contribution is -2.24. The average Bonchev–Trinajstić information content (AvgIpc) is 2.72. The molecule has 0 spiro atoms. The molecule has 0 aliphatic heterocycles. The summed E-state index contributed by atoms with van der Waals surface area (Å²) >= 11 is 0. The number of aromatic nitrogens is 3. The van der Waals surface area contributed by atoms with Gasteiger partial charge in [0, 0.05) is 29.6 Å². The van der Waals surface area contributed by atoms with Crippen molar-refractivity contribution in [3.05, 3.63) is 77.4 Å². The van der Waals surface area contributed by atoms with Gasteiger partial charge in [-0.15, -0.1) is 0 Å². The number of hydrogen-bond donors (Lipinski definition) is 1. The standard InChI is InChI=1S/C21H21FN4O2/c1-3-15-6-5-7-17(25-15)12-24-21(27)20-10-18(9-16(4-2)26-20)28-19-8-14(22)11-23-13-19/h5-11,13H,3-4,12H2,1-2H3,(H,24,27). The van der Waals surface area contributed by atoms with Crippen molar-refractivity contribution >= 4 is 5.91 Å². The van der Waals surface area contributed by atoms with Crippen LogP contribution in [0.4, 0.5) is 4.39 Å². The van der Waals surface area contributed by atoms with Gasteiger partial charge in [-0.2, -0.15) is 0 Å². The molecule has 6 nitrogen and oxygen atoms in total. The minimum Gasteiger partial charge on any atom is -0.455 e. The molecule has 1 amide bonds. The number of amides is 1. The first-order valence-electron chi connectivity index (χ1n) is 9.09. The lowest BCUT2D eigenvalue weighted by atomic mass is 10.2. The van der Waals surface area contributed by atoms with Crippen LogP contribution in [-0.4, -0.2) is 20.9 Å². The lowest BCUT2D eigenvalue weighted by Gasteiger charge is -2.10. The zero-order chi connectivity index (χ0) is 19.9. The number of halogens is 1. The van der Waals surface area contributed by atoms with E-state index in [-0.39, 0.29) is 17.4 Å². The van der Waals surface area contributed by atoms with Crippen LogP contribution in [0.3, 0.4) is 0 Å². The smallest absolute Gasteiger partial charge is 0.270 e. The molecule has 1 N–H and O–H groups in total. The summed E-state index contributed by atoms with van der Waals surface area (Å²) in [6.07, 6.45) is 3.95. The van der Waals surface area contributed by atoms with E-state index in [4.69, 9.17) is 4.74 Å². The first-order valence-corrected chi connectivity index (χ1v) is 9.09. The van der Waals surface area contributed by atoms with E-state index in [1.807, 2.05) is 32.0 Å². The highest BCUT2D eigenvalue weighted by Crippen LogP contribution is 2.23. The molecular weight excluding hydrogens is 359 g/mol. The number of ether oxygens (including phenoxy) is 1. The van der Waals surface area contributed by atoms with Gasteiger partial charge in [0.2, 0.25) is 0 Å². The predicted molar refractivity (Wildman–Crippen MR) is 103 cm³/mol. The second-order valence-electron chi connectivity index (χ2n) is 6.13. The van der Waals surface area contributed by atoms with Crippen LogP contribution in [0.2, 0.25) is 0 Å². The van der Waals surface area contributed by atoms with Crippen LogP contribution < -0.4 is 10.1 Å². The second-order valence-corrected chi connectivity index (χ2v) is 6.13. The summed E-state index contributed by atoms with van der Waals surface area (Å²) in [6, 6.07) is 10.2. The van der Waals surface area contributed by atoms with Crippen LogP contribution >= 0.6 is 0 Å². The molecule has 3 rings (SSSR count). The van der Waals surface area contributed by atoms with Gasteiger partial charge in [0.05, 0.1) is 24.6 Å². The first kappa shape index (κ1) is 19.4. The summed E-state index contributed by atoms with van der Waals surface area (Å²) in [5, 5.41) is 2.83. The summed E-state index contributed by atoms with van der Waals surface area (Å²) in [6.45, 7) is 4.26. The summed E-state index contributed by atoms with van der Waals surface area (Å²) < 4.78 is 19.0. The van der Waals surface area contributed by atoms with Gasteiger partial charge in [-0.1, -0.05) is 19.9 Å². The number of rotatable bonds is 7. The molecule has 0 bridgehead atoms. The summed E-state index contributed by atoms with van der Waals surface area (Å²) in [5.74, 6) is -0.182. The number of hydrogen-bond acceptors (Lipinski definition) is 5. The molecule has 0 aliphatic rings. The third kappa shape index (κ3) is 5.09. The fourth-order valence-electron chi connectivity index (χ4n) is 2.59. The Bertz CT molecular complexity index is 978. The van der Waals surface area contributed by atoms with E-state index in [9.17, 15) is 9.18 Å². The molecule has 0 radical (unpaired) electrons. The SMILES string of the molecule is CCc1cccc(CNC(=O)c2cc(Oc3cncc(F)c3)cc(CC)n2)n1. The van der Waals surface area contributed by atoms with Crippen molar-refractivity contribution < 1.29 is 13.9 Å². The van der Waals surface area contributed by atoms with E-state index in [1.54, 1.807) is 6.07 Å². The number of nitrogens with zero attached hydrogens (tertiary/aromatic N) is 3. The number of aryl methyl sites for hydroxylation is 2. The predicted octanol–water partition coefficient (Wildman–Crippen LogP) is 3.86. The van der Waals surface area contributed by atoms with Crippen LogP contribution in [0.25, 0.3) is 0 Å². The van der Waals surface area contributed by atoms with Gasteiger partial charge in [-0.3, -0.25) is 14.8 Å². The molecular formula is C21H21FN4O2. The normalized spacial score (nSPS) is 10.5. The van der Waals surface area contributed by atoms with E-state index in [0.717, 1.165) is 24.0 Å². The number of pyridine rings is 3. The number of nitrogens with one attached hydrogen (secondary N) is 1. The van der Waals surface area contributed by atoms with Gasteiger partial charge in [-0.05, 0) is 25.0 Å². The molecule has 0 aliphatic carbocycles. The van der Waals surface area contributed by atoms with E-state index in [0.29, 0.717) is 24.4 Å². The largest absolute Gasteiger partial charge is 0.455 e. The average molecular weight is 380 g/mol. The van der Waals surface area contributed by atoms with Crippen LogP contribution in [0, 0.1) is 5.82 Å². The molecule has 0 fully saturated rings. The molecule has 0 aromatic carbocycles. The molecule has 3 heterocycles. The van der Waals surface area contributed by atoms with Gasteiger partial charge >= 0.3 is 0 Å². The molecule has 3 aromatic heterocycles. The molecule has 0 unspecified atom stereocenters. The molecule has 0 saturated heterocycles. The van der Waals surface area contributed by atoms with E-state index < -0.39 is 5.82 Å². The van der Waals surface area contributed by atoms with Crippen LogP contribution in [0.15, 0.2) is 48.8 Å². The van der Waals surface area contributed by atoms with Gasteiger partial charge < -0.3 is 10.1 Å². The minimum absolute atomic E-state index is 0.227. The van der Waals surface area contributed by atoms with Crippen LogP contribution in [0.5, 0.6) is 11.5 Å². The van der Waals surface area contributed by atoms with Crippen LogP contribution in [0.1, 0.15) is 41.4 Å². The van der Waals surface area contributed by atoms with Gasteiger partial charge in [0.1, 0.15) is 23.0 Å². The van der Waals surface area contributed by atoms with Crippen molar-refractivity contribution in [1.29, 1.82) is 0 Å². The highest BCUT2D eigenvalue weighted by molar-refractivity contribution is 5.92. The molecule has 28 heavy (non-hydrogen) atoms. The minimum atomic E-state index is -0.498. The summed E-state index contributed by atoms with van der Waals surface area (Å²) in [7, 11) is 0. The third-order valence-electron chi connectivity index (χ3n) is 4.02. The van der Waals surface area contributed by atoms with Crippen molar-refractivity contribution in [2.24, 2.45) is 0 Å². The highest BCUT2D eigenvalue weighted by atomic mass is 19.1. The van der Waals surface area contributed by atoms with Gasteiger partial charge in [0.15, 0.2) is 0 Å².